The molecule has 0 aromatic carbocycles. The highest BCUT2D eigenvalue weighted by Crippen LogP contribution is 2.33. The van der Waals surface area contributed by atoms with E-state index in [0.29, 0.717) is 28.2 Å². The third-order valence-electron chi connectivity index (χ3n) is 5.27. The number of ether oxygens (including phenoxy) is 2. The predicted molar refractivity (Wildman–Crippen MR) is 124 cm³/mol. The minimum Gasteiger partial charge on any atom is -0.494 e. The van der Waals surface area contributed by atoms with Crippen LogP contribution in [0, 0.1) is 0 Å². The van der Waals surface area contributed by atoms with Gasteiger partial charge in [-0.25, -0.2) is 15.0 Å². The molecule has 0 aliphatic rings. The van der Waals surface area contributed by atoms with Crippen molar-refractivity contribution < 1.29 is 14.6 Å². The molecule has 9 heteroatoms. The summed E-state index contributed by atoms with van der Waals surface area (Å²) in [6, 6.07) is 9.37. The summed E-state index contributed by atoms with van der Waals surface area (Å²) in [5.74, 6) is 1.91. The van der Waals surface area contributed by atoms with E-state index in [9.17, 15) is 5.11 Å². The van der Waals surface area contributed by atoms with E-state index in [1.54, 1.807) is 37.4 Å². The number of hydrogen-bond acceptors (Lipinski definition) is 8. The summed E-state index contributed by atoms with van der Waals surface area (Å²) in [5.41, 5.74) is 2.90. The quantitative estimate of drug-likeness (QED) is 0.437. The SMILES string of the molecule is CNCCN(C)c1ccc(-n2cc3nc(-c4cnc(OC)c(OC)c4)ccc3c2O)cn1. The first-order chi connectivity index (χ1) is 15.5. The Morgan fingerprint density at radius 1 is 1.09 bits per heavy atom. The zero-order chi connectivity index (χ0) is 22.7. The van der Waals surface area contributed by atoms with Crippen LogP contribution in [0.15, 0.2) is 48.9 Å². The van der Waals surface area contributed by atoms with Gasteiger partial charge in [0.2, 0.25) is 5.88 Å². The molecule has 0 aliphatic heterocycles. The smallest absolute Gasteiger partial charge is 0.256 e. The Labute approximate surface area is 186 Å². The molecule has 9 nitrogen and oxygen atoms in total. The monoisotopic (exact) mass is 434 g/mol. The molecule has 0 atom stereocenters. The molecule has 0 aliphatic carbocycles. The Morgan fingerprint density at radius 3 is 2.62 bits per heavy atom. The van der Waals surface area contributed by atoms with E-state index >= 15 is 0 Å². The summed E-state index contributed by atoms with van der Waals surface area (Å²) >= 11 is 0. The highest BCUT2D eigenvalue weighted by Gasteiger charge is 2.14. The third-order valence-corrected chi connectivity index (χ3v) is 5.27. The lowest BCUT2D eigenvalue weighted by Crippen LogP contribution is -2.27. The van der Waals surface area contributed by atoms with Crippen LogP contribution >= 0.6 is 0 Å². The van der Waals surface area contributed by atoms with Crippen LogP contribution in [0.3, 0.4) is 0 Å². The number of rotatable bonds is 8. The molecule has 0 amide bonds. The van der Waals surface area contributed by atoms with Crippen molar-refractivity contribution in [3.8, 4) is 34.5 Å². The van der Waals surface area contributed by atoms with Crippen molar-refractivity contribution in [2.24, 2.45) is 0 Å². The van der Waals surface area contributed by atoms with Crippen molar-refractivity contribution in [2.45, 2.75) is 0 Å². The standard InChI is InChI=1S/C23H26N6O3/c1-24-9-10-28(2)21-8-5-16(13-25-21)29-14-19-17(23(29)30)6-7-18(27-19)15-11-20(31-3)22(32-4)26-12-15/h5-8,11-14,24,30H,9-10H2,1-4H3. The van der Waals surface area contributed by atoms with E-state index < -0.39 is 0 Å². The van der Waals surface area contributed by atoms with Crippen molar-refractivity contribution in [1.29, 1.82) is 0 Å². The van der Waals surface area contributed by atoms with Gasteiger partial charge in [-0.05, 0) is 37.4 Å². The largest absolute Gasteiger partial charge is 0.494 e. The molecule has 0 unspecified atom stereocenters. The first kappa shape index (κ1) is 21.4. The number of anilines is 1. The Balaban J connectivity index is 1.66. The number of aromatic hydroxyl groups is 1. The molecule has 0 saturated carbocycles. The first-order valence-corrected chi connectivity index (χ1v) is 10.2. The molecule has 0 fully saturated rings. The van der Waals surface area contributed by atoms with E-state index in [-0.39, 0.29) is 5.88 Å². The lowest BCUT2D eigenvalue weighted by atomic mass is 10.1. The Hall–Kier alpha value is -3.85. The fraction of sp³-hybridized carbons (Fsp3) is 0.261. The molecule has 4 aromatic heterocycles. The van der Waals surface area contributed by atoms with E-state index in [4.69, 9.17) is 14.5 Å². The maximum atomic E-state index is 10.8. The van der Waals surface area contributed by atoms with Crippen LogP contribution in [-0.4, -0.2) is 66.0 Å². The second-order valence-electron chi connectivity index (χ2n) is 7.29. The number of aromatic nitrogens is 4. The maximum Gasteiger partial charge on any atom is 0.256 e. The van der Waals surface area contributed by atoms with Gasteiger partial charge in [-0.2, -0.15) is 0 Å². The number of nitrogens with zero attached hydrogens (tertiary/aromatic N) is 5. The lowest BCUT2D eigenvalue weighted by molar-refractivity contribution is 0.343. The molecule has 166 valence electrons. The second kappa shape index (κ2) is 9.11. The van der Waals surface area contributed by atoms with Gasteiger partial charge in [0.1, 0.15) is 5.82 Å². The second-order valence-corrected chi connectivity index (χ2v) is 7.29. The van der Waals surface area contributed by atoms with Crippen molar-refractivity contribution in [2.75, 3.05) is 46.3 Å². The minimum absolute atomic E-state index is 0.113. The number of methoxy groups -OCH3 is 2. The van der Waals surface area contributed by atoms with Crippen LogP contribution in [0.25, 0.3) is 27.8 Å². The van der Waals surface area contributed by atoms with Crippen LogP contribution in [0.2, 0.25) is 0 Å². The number of likely N-dealkylation sites (N-methyl/N-ethyl adjacent to an activating group) is 2. The van der Waals surface area contributed by atoms with Crippen LogP contribution < -0.4 is 19.7 Å². The van der Waals surface area contributed by atoms with Gasteiger partial charge in [0.15, 0.2) is 5.75 Å². The van der Waals surface area contributed by atoms with Crippen molar-refractivity contribution in [3.63, 3.8) is 0 Å². The number of fused-ring (bicyclic) bond motifs is 1. The average Bonchev–Trinajstić information content (AvgIpc) is 3.17. The lowest BCUT2D eigenvalue weighted by Gasteiger charge is -2.18. The van der Waals surface area contributed by atoms with Crippen LogP contribution in [-0.2, 0) is 0 Å². The van der Waals surface area contributed by atoms with Gasteiger partial charge in [0.25, 0.3) is 5.88 Å². The molecule has 4 rings (SSSR count). The minimum atomic E-state index is 0.113. The Morgan fingerprint density at radius 2 is 1.94 bits per heavy atom. The maximum absolute atomic E-state index is 10.8. The summed E-state index contributed by atoms with van der Waals surface area (Å²) < 4.78 is 12.2. The number of nitrogens with one attached hydrogen (secondary N) is 1. The summed E-state index contributed by atoms with van der Waals surface area (Å²) in [6.45, 7) is 1.71. The molecule has 4 aromatic rings. The highest BCUT2D eigenvalue weighted by molar-refractivity contribution is 5.87. The van der Waals surface area contributed by atoms with Gasteiger partial charge in [0.05, 0.1) is 42.7 Å². The average molecular weight is 435 g/mol. The summed E-state index contributed by atoms with van der Waals surface area (Å²) in [6.07, 6.45) is 5.21. The third kappa shape index (κ3) is 4.02. The van der Waals surface area contributed by atoms with E-state index in [1.807, 2.05) is 44.4 Å². The fourth-order valence-electron chi connectivity index (χ4n) is 3.45. The summed E-state index contributed by atoms with van der Waals surface area (Å²) in [5, 5.41) is 14.6. The van der Waals surface area contributed by atoms with Gasteiger partial charge in [-0.1, -0.05) is 0 Å². The predicted octanol–water partition coefficient (Wildman–Crippen LogP) is 2.86. The molecular weight excluding hydrogens is 408 g/mol. The van der Waals surface area contributed by atoms with Crippen LogP contribution in [0.1, 0.15) is 0 Å². The Bertz CT molecular complexity index is 1220. The van der Waals surface area contributed by atoms with Crippen molar-refractivity contribution in [1.82, 2.24) is 24.8 Å². The Kier molecular flexibility index (Phi) is 6.09. The van der Waals surface area contributed by atoms with Crippen molar-refractivity contribution in [3.05, 3.63) is 48.9 Å². The van der Waals surface area contributed by atoms with E-state index in [0.717, 1.165) is 30.2 Å². The zero-order valence-corrected chi connectivity index (χ0v) is 18.5. The van der Waals surface area contributed by atoms with Gasteiger partial charge in [-0.3, -0.25) is 4.57 Å². The van der Waals surface area contributed by atoms with Gasteiger partial charge < -0.3 is 24.8 Å². The first-order valence-electron chi connectivity index (χ1n) is 10.2. The van der Waals surface area contributed by atoms with Crippen LogP contribution in [0.5, 0.6) is 17.5 Å². The van der Waals surface area contributed by atoms with Gasteiger partial charge >= 0.3 is 0 Å². The molecule has 32 heavy (non-hydrogen) atoms. The zero-order valence-electron chi connectivity index (χ0n) is 18.5. The molecule has 2 N–H and O–H groups in total. The molecule has 0 radical (unpaired) electrons. The van der Waals surface area contributed by atoms with Crippen LogP contribution in [0.4, 0.5) is 5.82 Å². The summed E-state index contributed by atoms with van der Waals surface area (Å²) in [7, 11) is 7.03. The molecule has 4 heterocycles. The normalized spacial score (nSPS) is 11.0. The molecular formula is C23H26N6O3. The fourth-order valence-corrected chi connectivity index (χ4v) is 3.45. The van der Waals surface area contributed by atoms with E-state index in [1.165, 1.54) is 0 Å². The van der Waals surface area contributed by atoms with Gasteiger partial charge in [-0.15, -0.1) is 0 Å². The highest BCUT2D eigenvalue weighted by atomic mass is 16.5. The molecule has 0 saturated heterocycles. The summed E-state index contributed by atoms with van der Waals surface area (Å²) in [4.78, 5) is 15.6. The molecule has 0 bridgehead atoms. The van der Waals surface area contributed by atoms with Gasteiger partial charge in [0, 0.05) is 38.1 Å². The topological polar surface area (TPSA) is 97.6 Å². The van der Waals surface area contributed by atoms with E-state index in [2.05, 4.69) is 20.2 Å². The number of hydrogen-bond donors (Lipinski definition) is 2. The van der Waals surface area contributed by atoms with Crippen molar-refractivity contribution >= 4 is 16.7 Å². The number of pyridine rings is 3. The molecule has 0 spiro atoms.